The van der Waals surface area contributed by atoms with Gasteiger partial charge in [-0.2, -0.15) is 0 Å². The number of aliphatic hydroxyl groups excluding tert-OH is 1. The molecule has 4 heteroatoms. The molecule has 1 rings (SSSR count). The van der Waals surface area contributed by atoms with Crippen LogP contribution in [0.1, 0.15) is 31.3 Å². The lowest BCUT2D eigenvalue weighted by Crippen LogP contribution is -1.93. The van der Waals surface area contributed by atoms with Gasteiger partial charge in [-0.25, -0.2) is 4.98 Å². The molecule has 0 aliphatic rings. The Morgan fingerprint density at radius 3 is 2.67 bits per heavy atom. The van der Waals surface area contributed by atoms with Crippen molar-refractivity contribution in [3.63, 3.8) is 0 Å². The van der Waals surface area contributed by atoms with E-state index in [1.54, 1.807) is 0 Å². The number of aliphatic hydroxyl groups is 1. The third-order valence-electron chi connectivity index (χ3n) is 1.66. The van der Waals surface area contributed by atoms with Crippen molar-refractivity contribution in [2.24, 2.45) is 0 Å². The highest BCUT2D eigenvalue weighted by Crippen LogP contribution is 2.18. The Kier molecular flexibility index (Phi) is 3.12. The summed E-state index contributed by atoms with van der Waals surface area (Å²) >= 11 is 5.81. The van der Waals surface area contributed by atoms with Crippen LogP contribution in [0.25, 0.3) is 0 Å². The van der Waals surface area contributed by atoms with Crippen molar-refractivity contribution >= 4 is 11.6 Å². The van der Waals surface area contributed by atoms with Gasteiger partial charge in [0.15, 0.2) is 0 Å². The molecular formula is C8H13ClN2O. The van der Waals surface area contributed by atoms with Crippen molar-refractivity contribution < 1.29 is 5.11 Å². The van der Waals surface area contributed by atoms with Crippen molar-refractivity contribution in [1.29, 1.82) is 0 Å². The molecule has 1 aromatic heterocycles. The Morgan fingerprint density at radius 2 is 2.25 bits per heavy atom. The number of aromatic nitrogens is 2. The Morgan fingerprint density at radius 1 is 1.58 bits per heavy atom. The molecule has 2 N–H and O–H groups in total. The lowest BCUT2D eigenvalue weighted by molar-refractivity contribution is 0.298. The second-order valence-electron chi connectivity index (χ2n) is 3.02. The first kappa shape index (κ1) is 9.55. The molecular weight excluding hydrogens is 176 g/mol. The molecule has 1 aromatic rings. The summed E-state index contributed by atoms with van der Waals surface area (Å²) in [4.78, 5) is 7.21. The Labute approximate surface area is 76.8 Å². The van der Waals surface area contributed by atoms with Crippen LogP contribution >= 0.6 is 11.6 Å². The van der Waals surface area contributed by atoms with Gasteiger partial charge in [0, 0.05) is 18.9 Å². The fraction of sp³-hybridized carbons (Fsp3) is 0.625. The lowest BCUT2D eigenvalue weighted by atomic mass is 10.2. The highest BCUT2D eigenvalue weighted by atomic mass is 35.5. The number of nitrogens with one attached hydrogen (secondary N) is 1. The Hall–Kier alpha value is -0.540. The van der Waals surface area contributed by atoms with E-state index in [1.807, 2.05) is 13.8 Å². The van der Waals surface area contributed by atoms with Gasteiger partial charge in [-0.15, -0.1) is 0 Å². The smallest absolute Gasteiger partial charge is 0.150 e. The van der Waals surface area contributed by atoms with Crippen LogP contribution in [0.3, 0.4) is 0 Å². The first-order chi connectivity index (χ1) is 5.65. The second-order valence-corrected chi connectivity index (χ2v) is 3.38. The summed E-state index contributed by atoms with van der Waals surface area (Å²) in [5.41, 5.74) is 0.822. The number of imidazole rings is 1. The van der Waals surface area contributed by atoms with Crippen LogP contribution in [-0.2, 0) is 6.42 Å². The number of nitrogens with zero attached hydrogens (tertiary/aromatic N) is 1. The van der Waals surface area contributed by atoms with E-state index in [1.165, 1.54) is 0 Å². The van der Waals surface area contributed by atoms with Crippen LogP contribution in [0.5, 0.6) is 0 Å². The van der Waals surface area contributed by atoms with Gasteiger partial charge >= 0.3 is 0 Å². The quantitative estimate of drug-likeness (QED) is 0.759. The number of H-pyrrole nitrogens is 1. The summed E-state index contributed by atoms with van der Waals surface area (Å²) in [6.45, 7) is 4.18. The average Bonchev–Trinajstić information content (AvgIpc) is 2.34. The van der Waals surface area contributed by atoms with Gasteiger partial charge in [-0.1, -0.05) is 25.4 Å². The summed E-state index contributed by atoms with van der Waals surface area (Å²) in [5.74, 6) is 1.22. The van der Waals surface area contributed by atoms with Gasteiger partial charge in [0.25, 0.3) is 0 Å². The molecule has 0 aliphatic carbocycles. The summed E-state index contributed by atoms with van der Waals surface area (Å²) in [6.07, 6.45) is 0.540. The molecule has 0 bridgehead atoms. The minimum atomic E-state index is 0.0967. The van der Waals surface area contributed by atoms with E-state index in [-0.39, 0.29) is 6.61 Å². The normalized spacial score (nSPS) is 11.1. The molecule has 0 unspecified atom stereocenters. The van der Waals surface area contributed by atoms with E-state index < -0.39 is 0 Å². The van der Waals surface area contributed by atoms with Crippen LogP contribution in [-0.4, -0.2) is 21.7 Å². The van der Waals surface area contributed by atoms with Gasteiger partial charge in [0.05, 0.1) is 5.69 Å². The maximum absolute atomic E-state index is 8.69. The van der Waals surface area contributed by atoms with Crippen molar-refractivity contribution in [1.82, 2.24) is 9.97 Å². The van der Waals surface area contributed by atoms with E-state index in [4.69, 9.17) is 16.7 Å². The van der Waals surface area contributed by atoms with Crippen LogP contribution in [0.15, 0.2) is 0 Å². The molecule has 0 aromatic carbocycles. The largest absolute Gasteiger partial charge is 0.396 e. The molecule has 12 heavy (non-hydrogen) atoms. The zero-order chi connectivity index (χ0) is 9.14. The lowest BCUT2D eigenvalue weighted by Gasteiger charge is -1.97. The molecule has 68 valence electrons. The Balaban J connectivity index is 2.85. The highest BCUT2D eigenvalue weighted by Gasteiger charge is 2.09. The first-order valence-electron chi connectivity index (χ1n) is 4.00. The number of hydrogen-bond donors (Lipinski definition) is 2. The van der Waals surface area contributed by atoms with Gasteiger partial charge in [0.1, 0.15) is 11.0 Å². The third kappa shape index (κ3) is 1.99. The fourth-order valence-corrected chi connectivity index (χ4v) is 1.19. The van der Waals surface area contributed by atoms with E-state index in [0.29, 0.717) is 17.5 Å². The van der Waals surface area contributed by atoms with E-state index >= 15 is 0 Å². The SMILES string of the molecule is CC(C)c1nc(Cl)c(CCO)[nH]1. The molecule has 0 aliphatic heterocycles. The van der Waals surface area contributed by atoms with Gasteiger partial charge in [-0.05, 0) is 0 Å². The molecule has 0 fully saturated rings. The van der Waals surface area contributed by atoms with Crippen LogP contribution < -0.4 is 0 Å². The number of aromatic amines is 1. The molecule has 0 saturated carbocycles. The Bertz CT molecular complexity index is 258. The third-order valence-corrected chi connectivity index (χ3v) is 1.97. The zero-order valence-corrected chi connectivity index (χ0v) is 8.02. The van der Waals surface area contributed by atoms with Gasteiger partial charge in [-0.3, -0.25) is 0 Å². The number of hydrogen-bond acceptors (Lipinski definition) is 2. The first-order valence-corrected chi connectivity index (χ1v) is 4.38. The molecule has 0 spiro atoms. The van der Waals surface area contributed by atoms with Crippen molar-refractivity contribution in [2.75, 3.05) is 6.61 Å². The van der Waals surface area contributed by atoms with Crippen molar-refractivity contribution in [2.45, 2.75) is 26.2 Å². The molecule has 0 atom stereocenters. The molecule has 0 amide bonds. The van der Waals surface area contributed by atoms with Gasteiger partial charge < -0.3 is 10.1 Å². The van der Waals surface area contributed by atoms with E-state index in [2.05, 4.69) is 9.97 Å². The fourth-order valence-electron chi connectivity index (χ4n) is 0.958. The highest BCUT2D eigenvalue weighted by molar-refractivity contribution is 6.30. The van der Waals surface area contributed by atoms with Gasteiger partial charge in [0.2, 0.25) is 0 Å². The average molecular weight is 189 g/mol. The summed E-state index contributed by atoms with van der Waals surface area (Å²) in [7, 11) is 0. The van der Waals surface area contributed by atoms with Crippen LogP contribution in [0, 0.1) is 0 Å². The standard InChI is InChI=1S/C8H13ClN2O/c1-5(2)8-10-6(3-4-12)7(9)11-8/h5,12H,3-4H2,1-2H3,(H,10,11). The predicted molar refractivity (Wildman–Crippen MR) is 48.5 cm³/mol. The zero-order valence-electron chi connectivity index (χ0n) is 7.26. The molecule has 1 heterocycles. The minimum absolute atomic E-state index is 0.0967. The van der Waals surface area contributed by atoms with E-state index in [9.17, 15) is 0 Å². The van der Waals surface area contributed by atoms with Crippen LogP contribution in [0.2, 0.25) is 5.15 Å². The topological polar surface area (TPSA) is 48.9 Å². The minimum Gasteiger partial charge on any atom is -0.396 e. The summed E-state index contributed by atoms with van der Waals surface area (Å²) < 4.78 is 0. The number of halogens is 1. The molecule has 0 radical (unpaired) electrons. The summed E-state index contributed by atoms with van der Waals surface area (Å²) in [5, 5.41) is 9.16. The molecule has 3 nitrogen and oxygen atoms in total. The number of rotatable bonds is 3. The maximum atomic E-state index is 8.69. The van der Waals surface area contributed by atoms with Crippen molar-refractivity contribution in [3.05, 3.63) is 16.7 Å². The van der Waals surface area contributed by atoms with Crippen LogP contribution in [0.4, 0.5) is 0 Å². The monoisotopic (exact) mass is 188 g/mol. The van der Waals surface area contributed by atoms with Crippen molar-refractivity contribution in [3.8, 4) is 0 Å². The van der Waals surface area contributed by atoms with E-state index in [0.717, 1.165) is 11.5 Å². The maximum Gasteiger partial charge on any atom is 0.150 e. The predicted octanol–water partition coefficient (Wildman–Crippen LogP) is 1.72. The second kappa shape index (κ2) is 3.92. The summed E-state index contributed by atoms with van der Waals surface area (Å²) in [6, 6.07) is 0. The molecule has 0 saturated heterocycles.